The standard InChI is InChI=1S/C20H23N3O2/c1-14-10-17(14)18-9-8-16(24-18)12-23(2)13-20-21-19(22-25-20)11-15-6-4-3-5-7-15/h3-9,14,17H,10-13H2,1-2H3/t14-,17-/m0/s1. The second-order valence-electron chi connectivity index (χ2n) is 7.06. The molecule has 25 heavy (non-hydrogen) atoms. The van der Waals surface area contributed by atoms with Crippen LogP contribution in [-0.2, 0) is 19.5 Å². The Morgan fingerprint density at radius 1 is 1.12 bits per heavy atom. The highest BCUT2D eigenvalue weighted by Crippen LogP contribution is 2.47. The molecule has 5 nitrogen and oxygen atoms in total. The van der Waals surface area contributed by atoms with E-state index in [-0.39, 0.29) is 0 Å². The molecule has 0 radical (unpaired) electrons. The Labute approximate surface area is 147 Å². The van der Waals surface area contributed by atoms with Crippen LogP contribution in [0.2, 0.25) is 0 Å². The van der Waals surface area contributed by atoms with Crippen LogP contribution in [0.15, 0.2) is 51.4 Å². The Bertz CT molecular complexity index is 824. The first kappa shape index (κ1) is 16.1. The first-order chi connectivity index (χ1) is 12.2. The molecule has 1 aliphatic rings. The predicted molar refractivity (Wildman–Crippen MR) is 93.9 cm³/mol. The molecular weight excluding hydrogens is 314 g/mol. The normalized spacial score (nSPS) is 19.5. The summed E-state index contributed by atoms with van der Waals surface area (Å²) < 4.78 is 11.3. The van der Waals surface area contributed by atoms with Crippen molar-refractivity contribution in [1.82, 2.24) is 15.0 Å². The van der Waals surface area contributed by atoms with E-state index in [2.05, 4.69) is 46.2 Å². The van der Waals surface area contributed by atoms with E-state index in [4.69, 9.17) is 8.94 Å². The topological polar surface area (TPSA) is 55.3 Å². The molecule has 0 unspecified atom stereocenters. The van der Waals surface area contributed by atoms with Gasteiger partial charge in [-0.2, -0.15) is 4.98 Å². The zero-order valence-electron chi connectivity index (χ0n) is 14.7. The van der Waals surface area contributed by atoms with Gasteiger partial charge in [0.2, 0.25) is 5.89 Å². The lowest BCUT2D eigenvalue weighted by Gasteiger charge is -2.11. The number of hydrogen-bond acceptors (Lipinski definition) is 5. The highest BCUT2D eigenvalue weighted by atomic mass is 16.5. The van der Waals surface area contributed by atoms with Gasteiger partial charge < -0.3 is 8.94 Å². The van der Waals surface area contributed by atoms with E-state index >= 15 is 0 Å². The van der Waals surface area contributed by atoms with E-state index in [0.29, 0.717) is 24.8 Å². The molecule has 1 aromatic carbocycles. The molecule has 0 N–H and O–H groups in total. The van der Waals surface area contributed by atoms with E-state index in [0.717, 1.165) is 29.8 Å². The number of nitrogens with zero attached hydrogens (tertiary/aromatic N) is 3. The lowest BCUT2D eigenvalue weighted by molar-refractivity contribution is 0.242. The van der Waals surface area contributed by atoms with Crippen LogP contribution >= 0.6 is 0 Å². The van der Waals surface area contributed by atoms with E-state index < -0.39 is 0 Å². The summed E-state index contributed by atoms with van der Waals surface area (Å²) in [6.07, 6.45) is 1.93. The van der Waals surface area contributed by atoms with Crippen molar-refractivity contribution in [2.45, 2.75) is 38.8 Å². The third-order valence-electron chi connectivity index (χ3n) is 4.70. The van der Waals surface area contributed by atoms with Gasteiger partial charge in [0.25, 0.3) is 0 Å². The molecule has 0 bridgehead atoms. The molecule has 1 saturated carbocycles. The second kappa shape index (κ2) is 6.84. The summed E-state index contributed by atoms with van der Waals surface area (Å²) in [6, 6.07) is 14.4. The van der Waals surface area contributed by atoms with E-state index in [1.165, 1.54) is 12.0 Å². The van der Waals surface area contributed by atoms with Crippen LogP contribution in [-0.4, -0.2) is 22.1 Å². The van der Waals surface area contributed by atoms with Crippen LogP contribution in [0.3, 0.4) is 0 Å². The van der Waals surface area contributed by atoms with Gasteiger partial charge in [0, 0.05) is 12.3 Å². The fourth-order valence-electron chi connectivity index (χ4n) is 3.15. The summed E-state index contributed by atoms with van der Waals surface area (Å²) in [7, 11) is 2.03. The second-order valence-corrected chi connectivity index (χ2v) is 7.06. The molecule has 3 aromatic rings. The molecule has 130 valence electrons. The summed E-state index contributed by atoms with van der Waals surface area (Å²) >= 11 is 0. The van der Waals surface area contributed by atoms with Crippen LogP contribution in [0.25, 0.3) is 0 Å². The minimum absolute atomic E-state index is 0.609. The lowest BCUT2D eigenvalue weighted by atomic mass is 10.1. The molecule has 2 aromatic heterocycles. The van der Waals surface area contributed by atoms with Crippen molar-refractivity contribution in [1.29, 1.82) is 0 Å². The van der Waals surface area contributed by atoms with Crippen molar-refractivity contribution in [3.63, 3.8) is 0 Å². The number of aromatic nitrogens is 2. The fraction of sp³-hybridized carbons (Fsp3) is 0.400. The third-order valence-corrected chi connectivity index (χ3v) is 4.70. The lowest BCUT2D eigenvalue weighted by Crippen LogP contribution is -2.17. The Kier molecular flexibility index (Phi) is 4.40. The largest absolute Gasteiger partial charge is 0.464 e. The number of rotatable bonds is 7. The zero-order valence-corrected chi connectivity index (χ0v) is 14.7. The molecule has 2 atom stereocenters. The monoisotopic (exact) mass is 337 g/mol. The summed E-state index contributed by atoms with van der Waals surface area (Å²) in [5.74, 6) is 4.85. The van der Waals surface area contributed by atoms with Gasteiger partial charge >= 0.3 is 0 Å². The predicted octanol–water partition coefficient (Wildman–Crippen LogP) is 4.01. The zero-order chi connectivity index (χ0) is 17.2. The first-order valence-corrected chi connectivity index (χ1v) is 8.80. The van der Waals surface area contributed by atoms with Crippen LogP contribution in [0, 0.1) is 5.92 Å². The minimum atomic E-state index is 0.609. The number of furan rings is 1. The molecular formula is C20H23N3O2. The van der Waals surface area contributed by atoms with Crippen LogP contribution in [0.4, 0.5) is 0 Å². The first-order valence-electron chi connectivity index (χ1n) is 8.80. The average molecular weight is 337 g/mol. The number of hydrogen-bond donors (Lipinski definition) is 0. The Hall–Kier alpha value is -2.40. The minimum Gasteiger partial charge on any atom is -0.464 e. The molecule has 0 amide bonds. The highest BCUT2D eigenvalue weighted by molar-refractivity contribution is 5.19. The quantitative estimate of drug-likeness (QED) is 0.652. The maximum Gasteiger partial charge on any atom is 0.240 e. The summed E-state index contributed by atoms with van der Waals surface area (Å²) in [6.45, 7) is 3.61. The van der Waals surface area contributed by atoms with Crippen molar-refractivity contribution < 1.29 is 8.94 Å². The maximum atomic E-state index is 5.96. The fourth-order valence-corrected chi connectivity index (χ4v) is 3.15. The van der Waals surface area contributed by atoms with Crippen LogP contribution in [0.1, 0.15) is 48.1 Å². The summed E-state index contributed by atoms with van der Waals surface area (Å²) in [5, 5.41) is 4.08. The van der Waals surface area contributed by atoms with Gasteiger partial charge in [-0.3, -0.25) is 4.90 Å². The van der Waals surface area contributed by atoms with E-state index in [1.54, 1.807) is 0 Å². The molecule has 0 aliphatic heterocycles. The van der Waals surface area contributed by atoms with Gasteiger partial charge in [-0.25, -0.2) is 0 Å². The SMILES string of the molecule is C[C@H]1C[C@@H]1c1ccc(CN(C)Cc2nc(Cc3ccccc3)no2)o1. The third kappa shape index (κ3) is 3.99. The van der Waals surface area contributed by atoms with Gasteiger partial charge in [0.1, 0.15) is 11.5 Å². The van der Waals surface area contributed by atoms with Gasteiger partial charge in [-0.05, 0) is 37.1 Å². The van der Waals surface area contributed by atoms with E-state index in [9.17, 15) is 0 Å². The van der Waals surface area contributed by atoms with Gasteiger partial charge in [-0.1, -0.05) is 42.4 Å². The Morgan fingerprint density at radius 2 is 1.92 bits per heavy atom. The molecule has 5 heteroatoms. The Morgan fingerprint density at radius 3 is 2.68 bits per heavy atom. The highest BCUT2D eigenvalue weighted by Gasteiger charge is 2.36. The summed E-state index contributed by atoms with van der Waals surface area (Å²) in [5.41, 5.74) is 1.18. The Balaban J connectivity index is 1.32. The van der Waals surface area contributed by atoms with E-state index in [1.807, 2.05) is 25.2 Å². The molecule has 4 rings (SSSR count). The van der Waals surface area contributed by atoms with Gasteiger partial charge in [0.15, 0.2) is 5.82 Å². The van der Waals surface area contributed by atoms with Crippen molar-refractivity contribution in [2.24, 2.45) is 5.92 Å². The van der Waals surface area contributed by atoms with Crippen molar-refractivity contribution in [3.05, 3.63) is 71.3 Å². The smallest absolute Gasteiger partial charge is 0.240 e. The molecule has 1 fully saturated rings. The molecule has 0 spiro atoms. The number of benzene rings is 1. The van der Waals surface area contributed by atoms with Crippen molar-refractivity contribution in [3.8, 4) is 0 Å². The van der Waals surface area contributed by atoms with Crippen LogP contribution in [0.5, 0.6) is 0 Å². The summed E-state index contributed by atoms with van der Waals surface area (Å²) in [4.78, 5) is 6.61. The molecule has 2 heterocycles. The van der Waals surface area contributed by atoms with Crippen molar-refractivity contribution >= 4 is 0 Å². The molecule has 1 aliphatic carbocycles. The van der Waals surface area contributed by atoms with Gasteiger partial charge in [0.05, 0.1) is 13.1 Å². The van der Waals surface area contributed by atoms with Gasteiger partial charge in [-0.15, -0.1) is 0 Å². The average Bonchev–Trinajstić information content (AvgIpc) is 2.97. The maximum absolute atomic E-state index is 5.96. The van der Waals surface area contributed by atoms with Crippen LogP contribution < -0.4 is 0 Å². The van der Waals surface area contributed by atoms with Crippen molar-refractivity contribution in [2.75, 3.05) is 7.05 Å². The molecule has 0 saturated heterocycles.